The molecule has 4 bridgehead atoms. The van der Waals surface area contributed by atoms with Crippen LogP contribution in [0.15, 0.2) is 66.7 Å². The van der Waals surface area contributed by atoms with Gasteiger partial charge in [0, 0.05) is 47.5 Å². The third-order valence-electron chi connectivity index (χ3n) is 11.8. The van der Waals surface area contributed by atoms with Crippen LogP contribution in [0.5, 0.6) is 0 Å². The van der Waals surface area contributed by atoms with Crippen molar-refractivity contribution in [2.24, 2.45) is 0 Å². The summed E-state index contributed by atoms with van der Waals surface area (Å²) in [5.41, 5.74) is 9.88. The van der Waals surface area contributed by atoms with Crippen molar-refractivity contribution >= 4 is 17.1 Å². The first kappa shape index (κ1) is 22.7. The number of nitrogens with zero attached hydrogens (tertiary/aromatic N) is 3. The zero-order valence-electron chi connectivity index (χ0n) is 23.2. The molecular weight excluding hydrogens is 480 g/mol. The lowest BCUT2D eigenvalue weighted by Gasteiger charge is -2.72. The number of likely N-dealkylation sites (N-methyl/N-ethyl adjacent to an activating group) is 3. The number of fused-ring (bicyclic) bond motifs is 5. The van der Waals surface area contributed by atoms with Crippen molar-refractivity contribution in [1.29, 1.82) is 0 Å². The molecule has 39 heavy (non-hydrogen) atoms. The molecule has 6 aliphatic rings. The zero-order chi connectivity index (χ0) is 26.1. The van der Waals surface area contributed by atoms with E-state index in [-0.39, 0.29) is 34.7 Å². The average molecular weight is 519 g/mol. The molecule has 200 valence electrons. The van der Waals surface area contributed by atoms with Crippen LogP contribution in [0, 0.1) is 0 Å². The van der Waals surface area contributed by atoms with E-state index >= 15 is 0 Å². The molecule has 3 N–H and O–H groups in total. The summed E-state index contributed by atoms with van der Waals surface area (Å²) in [7, 11) is 6.96. The molecular formula is C33H38N6. The predicted octanol–water partition coefficient (Wildman–Crippen LogP) is 4.41. The van der Waals surface area contributed by atoms with E-state index in [1.807, 2.05) is 0 Å². The van der Waals surface area contributed by atoms with Crippen LogP contribution in [0.3, 0.4) is 0 Å². The zero-order valence-corrected chi connectivity index (χ0v) is 23.2. The lowest BCUT2D eigenvalue weighted by atomic mass is 9.44. The molecule has 6 aliphatic heterocycles. The third kappa shape index (κ3) is 2.39. The summed E-state index contributed by atoms with van der Waals surface area (Å²) in [6, 6.07) is 25.5. The first-order chi connectivity index (χ1) is 19.0. The highest BCUT2D eigenvalue weighted by molar-refractivity contribution is 5.78. The van der Waals surface area contributed by atoms with Crippen molar-refractivity contribution in [1.82, 2.24) is 14.7 Å². The molecule has 0 amide bonds. The van der Waals surface area contributed by atoms with Gasteiger partial charge >= 0.3 is 0 Å². The first-order valence-corrected chi connectivity index (χ1v) is 14.8. The minimum atomic E-state index is -0.0707. The van der Waals surface area contributed by atoms with E-state index in [9.17, 15) is 0 Å². The van der Waals surface area contributed by atoms with Gasteiger partial charge in [-0.3, -0.25) is 14.7 Å². The smallest absolute Gasteiger partial charge is 0.0933 e. The fraction of sp³-hybridized carbons (Fsp3) is 0.455. The number of hydrogen-bond acceptors (Lipinski definition) is 6. The fourth-order valence-electron chi connectivity index (χ4n) is 10.3. The summed E-state index contributed by atoms with van der Waals surface area (Å²) in [5.74, 6) is 0. The van der Waals surface area contributed by atoms with Gasteiger partial charge in [0.15, 0.2) is 0 Å². The van der Waals surface area contributed by atoms with E-state index < -0.39 is 0 Å². The Hall–Kier alpha value is -3.06. The quantitative estimate of drug-likeness (QED) is 0.444. The molecule has 6 heterocycles. The van der Waals surface area contributed by atoms with Crippen LogP contribution in [-0.4, -0.2) is 74.0 Å². The molecule has 3 aromatic carbocycles. The molecule has 6 nitrogen and oxygen atoms in total. The molecule has 3 fully saturated rings. The molecule has 0 aromatic heterocycles. The Morgan fingerprint density at radius 2 is 1.05 bits per heavy atom. The first-order valence-electron chi connectivity index (χ1n) is 14.8. The van der Waals surface area contributed by atoms with E-state index in [1.165, 1.54) is 39.3 Å². The second-order valence-corrected chi connectivity index (χ2v) is 13.1. The van der Waals surface area contributed by atoms with Crippen LogP contribution in [0.4, 0.5) is 17.1 Å². The number of benzene rings is 3. The number of para-hydroxylation sites is 3. The van der Waals surface area contributed by atoms with Gasteiger partial charge in [0.05, 0.1) is 23.9 Å². The molecule has 4 unspecified atom stereocenters. The van der Waals surface area contributed by atoms with Crippen molar-refractivity contribution < 1.29 is 0 Å². The summed E-state index contributed by atoms with van der Waals surface area (Å²) in [6.07, 6.45) is 4.21. The topological polar surface area (TPSA) is 45.8 Å². The van der Waals surface area contributed by atoms with Crippen molar-refractivity contribution in [2.75, 3.05) is 56.7 Å². The van der Waals surface area contributed by atoms with Gasteiger partial charge in [0.2, 0.25) is 0 Å². The monoisotopic (exact) mass is 518 g/mol. The number of nitrogens with one attached hydrogen (secondary N) is 3. The van der Waals surface area contributed by atoms with E-state index in [1.54, 1.807) is 0 Å². The molecule has 6 atom stereocenters. The highest BCUT2D eigenvalue weighted by atomic mass is 15.4. The Kier molecular flexibility index (Phi) is 4.29. The van der Waals surface area contributed by atoms with Crippen LogP contribution < -0.4 is 16.0 Å². The number of anilines is 3. The summed E-state index contributed by atoms with van der Waals surface area (Å²) >= 11 is 0. The summed E-state index contributed by atoms with van der Waals surface area (Å²) in [5, 5.41) is 12.3. The van der Waals surface area contributed by atoms with Crippen molar-refractivity contribution in [3.63, 3.8) is 0 Å². The Labute approximate surface area is 231 Å². The van der Waals surface area contributed by atoms with Gasteiger partial charge in [0.25, 0.3) is 0 Å². The maximum atomic E-state index is 4.31. The minimum absolute atomic E-state index is 0.00961. The van der Waals surface area contributed by atoms with Gasteiger partial charge in [0.1, 0.15) is 0 Å². The number of hydrogen-bond donors (Lipinski definition) is 3. The maximum Gasteiger partial charge on any atom is 0.0933 e. The SMILES string of the molecule is CN1CCC23c4cccc([C@]56CCN(C)[C@H]5Nc5ccccc56)c4NC1C21CCN(C)C3Nc2ccccc21. The van der Waals surface area contributed by atoms with Crippen LogP contribution in [0.2, 0.25) is 0 Å². The standard InChI is InChI=1S/C33H38N6/c1-37-18-15-31(21-9-4-6-13-25(21)34-28(31)37)23-11-8-12-24-27(23)36-30-32-16-19-38(2)29(33(24,32)17-20-39(30)3)35-26-14-7-5-10-22(26)32/h4-14,28-30,34-36H,15-20H2,1-3H3/t28-,29?,30?,31-,32?,33?/m1/s1. The maximum absolute atomic E-state index is 4.31. The van der Waals surface area contributed by atoms with Crippen molar-refractivity contribution in [3.05, 3.63) is 89.0 Å². The van der Waals surface area contributed by atoms with Crippen LogP contribution in [-0.2, 0) is 16.2 Å². The normalized spacial score (nSPS) is 37.9. The van der Waals surface area contributed by atoms with E-state index in [2.05, 4.69) is 119 Å². The lowest BCUT2D eigenvalue weighted by molar-refractivity contribution is -0.0693. The second-order valence-electron chi connectivity index (χ2n) is 13.1. The second kappa shape index (κ2) is 7.36. The van der Waals surface area contributed by atoms with Gasteiger partial charge in [-0.25, -0.2) is 0 Å². The van der Waals surface area contributed by atoms with E-state index in [0.29, 0.717) is 0 Å². The molecule has 0 saturated carbocycles. The summed E-state index contributed by atoms with van der Waals surface area (Å²) < 4.78 is 0. The molecule has 3 saturated heterocycles. The fourth-order valence-corrected chi connectivity index (χ4v) is 10.3. The highest BCUT2D eigenvalue weighted by Gasteiger charge is 2.71. The molecule has 9 rings (SSSR count). The number of likely N-dealkylation sites (tertiary alicyclic amines) is 3. The van der Waals surface area contributed by atoms with Crippen LogP contribution >= 0.6 is 0 Å². The predicted molar refractivity (Wildman–Crippen MR) is 157 cm³/mol. The van der Waals surface area contributed by atoms with Crippen molar-refractivity contribution in [3.8, 4) is 0 Å². The molecule has 6 heteroatoms. The number of rotatable bonds is 1. The third-order valence-corrected chi connectivity index (χ3v) is 11.8. The van der Waals surface area contributed by atoms with Crippen molar-refractivity contribution in [2.45, 2.75) is 54.0 Å². The van der Waals surface area contributed by atoms with Crippen LogP contribution in [0.1, 0.15) is 41.5 Å². The van der Waals surface area contributed by atoms with E-state index in [0.717, 1.165) is 38.9 Å². The Morgan fingerprint density at radius 3 is 1.82 bits per heavy atom. The molecule has 0 spiro atoms. The molecule has 3 aromatic rings. The van der Waals surface area contributed by atoms with Gasteiger partial charge in [-0.2, -0.15) is 0 Å². The summed E-state index contributed by atoms with van der Waals surface area (Å²) in [4.78, 5) is 7.75. The Morgan fingerprint density at radius 1 is 0.538 bits per heavy atom. The van der Waals surface area contributed by atoms with Gasteiger partial charge < -0.3 is 16.0 Å². The summed E-state index contributed by atoms with van der Waals surface area (Å²) in [6.45, 7) is 3.29. The Bertz CT molecular complexity index is 1520. The number of piperidine rings is 2. The minimum Gasteiger partial charge on any atom is -0.369 e. The lowest BCUT2D eigenvalue weighted by Crippen LogP contribution is -2.80. The van der Waals surface area contributed by atoms with Gasteiger partial charge in [-0.05, 0) is 74.8 Å². The highest BCUT2D eigenvalue weighted by Crippen LogP contribution is 2.67. The molecule has 0 aliphatic carbocycles. The van der Waals surface area contributed by atoms with Crippen LogP contribution in [0.25, 0.3) is 0 Å². The average Bonchev–Trinajstić information content (AvgIpc) is 3.47. The molecule has 0 radical (unpaired) electrons. The van der Waals surface area contributed by atoms with Gasteiger partial charge in [-0.15, -0.1) is 0 Å². The largest absolute Gasteiger partial charge is 0.369 e. The van der Waals surface area contributed by atoms with E-state index in [4.69, 9.17) is 0 Å². The van der Waals surface area contributed by atoms with Gasteiger partial charge in [-0.1, -0.05) is 54.6 Å². The Balaban J connectivity index is 1.35.